The van der Waals surface area contributed by atoms with Crippen molar-refractivity contribution in [2.45, 2.75) is 38.5 Å². The van der Waals surface area contributed by atoms with Crippen LogP contribution in [0.2, 0.25) is 0 Å². The average Bonchev–Trinajstić information content (AvgIpc) is 3.00. The van der Waals surface area contributed by atoms with E-state index >= 15 is 0 Å². The number of piperazine rings is 1. The Kier molecular flexibility index (Phi) is 6.96. The van der Waals surface area contributed by atoms with Crippen LogP contribution in [0.3, 0.4) is 0 Å². The van der Waals surface area contributed by atoms with Crippen LogP contribution in [-0.4, -0.2) is 49.9 Å². The van der Waals surface area contributed by atoms with Crippen LogP contribution < -0.4 is 10.1 Å². The Morgan fingerprint density at radius 1 is 1.32 bits per heavy atom. The predicted octanol–water partition coefficient (Wildman–Crippen LogP) is 2.46. The number of halogens is 1. The van der Waals surface area contributed by atoms with E-state index in [4.69, 9.17) is 9.47 Å². The SMILES string of the molecule is C[C@@H]1CN(Cc2ccc(OCC3CCCO3)cc2)CCN1.Cl. The molecule has 3 rings (SSSR count). The number of benzene rings is 1. The smallest absolute Gasteiger partial charge is 0.119 e. The van der Waals surface area contributed by atoms with Crippen molar-refractivity contribution in [2.75, 3.05) is 32.8 Å². The lowest BCUT2D eigenvalue weighted by Gasteiger charge is -2.31. The van der Waals surface area contributed by atoms with Gasteiger partial charge in [0.25, 0.3) is 0 Å². The zero-order valence-corrected chi connectivity index (χ0v) is 14.1. The highest BCUT2D eigenvalue weighted by Gasteiger charge is 2.17. The molecule has 2 atom stereocenters. The van der Waals surface area contributed by atoms with E-state index in [2.05, 4.69) is 41.4 Å². The fourth-order valence-corrected chi connectivity index (χ4v) is 3.07. The highest BCUT2D eigenvalue weighted by atomic mass is 35.5. The maximum absolute atomic E-state index is 5.80. The van der Waals surface area contributed by atoms with Gasteiger partial charge in [-0.2, -0.15) is 0 Å². The van der Waals surface area contributed by atoms with Crippen molar-refractivity contribution in [1.82, 2.24) is 10.2 Å². The van der Waals surface area contributed by atoms with E-state index in [0.717, 1.165) is 51.4 Å². The maximum Gasteiger partial charge on any atom is 0.119 e. The molecule has 5 heteroatoms. The quantitative estimate of drug-likeness (QED) is 0.901. The zero-order valence-electron chi connectivity index (χ0n) is 13.3. The summed E-state index contributed by atoms with van der Waals surface area (Å²) in [5.74, 6) is 0.947. The van der Waals surface area contributed by atoms with Crippen molar-refractivity contribution in [3.8, 4) is 5.75 Å². The Hall–Kier alpha value is -0.810. The summed E-state index contributed by atoms with van der Waals surface area (Å²) in [7, 11) is 0. The van der Waals surface area contributed by atoms with E-state index in [1.807, 2.05) is 0 Å². The van der Waals surface area contributed by atoms with Crippen LogP contribution >= 0.6 is 12.4 Å². The number of ether oxygens (including phenoxy) is 2. The Morgan fingerprint density at radius 2 is 2.14 bits per heavy atom. The van der Waals surface area contributed by atoms with E-state index < -0.39 is 0 Å². The van der Waals surface area contributed by atoms with Gasteiger partial charge in [-0.1, -0.05) is 12.1 Å². The summed E-state index contributed by atoms with van der Waals surface area (Å²) >= 11 is 0. The molecule has 22 heavy (non-hydrogen) atoms. The highest BCUT2D eigenvalue weighted by molar-refractivity contribution is 5.85. The zero-order chi connectivity index (χ0) is 14.5. The first kappa shape index (κ1) is 17.5. The lowest BCUT2D eigenvalue weighted by molar-refractivity contribution is 0.0679. The van der Waals surface area contributed by atoms with Gasteiger partial charge >= 0.3 is 0 Å². The molecule has 1 N–H and O–H groups in total. The van der Waals surface area contributed by atoms with E-state index in [1.54, 1.807) is 0 Å². The molecule has 0 bridgehead atoms. The standard InChI is InChI=1S/C17H26N2O2.ClH/c1-14-11-19(9-8-18-14)12-15-4-6-16(7-5-15)21-13-17-3-2-10-20-17;/h4-7,14,17-18H,2-3,8-13H2,1H3;1H/t14-,17?;/m1./s1. The first-order chi connectivity index (χ1) is 10.3. The molecule has 2 heterocycles. The van der Waals surface area contributed by atoms with Gasteiger partial charge in [0.15, 0.2) is 0 Å². The van der Waals surface area contributed by atoms with Crippen molar-refractivity contribution in [1.29, 1.82) is 0 Å². The molecular weight excluding hydrogens is 300 g/mol. The van der Waals surface area contributed by atoms with Gasteiger partial charge < -0.3 is 14.8 Å². The summed E-state index contributed by atoms with van der Waals surface area (Å²) in [6.45, 7) is 8.17. The van der Waals surface area contributed by atoms with Gasteiger partial charge in [0.05, 0.1) is 6.10 Å². The van der Waals surface area contributed by atoms with Crippen molar-refractivity contribution in [3.63, 3.8) is 0 Å². The summed E-state index contributed by atoms with van der Waals surface area (Å²) in [6.07, 6.45) is 2.57. The Bertz CT molecular complexity index is 435. The second-order valence-corrected chi connectivity index (χ2v) is 6.18. The fraction of sp³-hybridized carbons (Fsp3) is 0.647. The van der Waals surface area contributed by atoms with Crippen LogP contribution in [0.25, 0.3) is 0 Å². The number of nitrogens with zero attached hydrogens (tertiary/aromatic N) is 1. The number of nitrogens with one attached hydrogen (secondary N) is 1. The lowest BCUT2D eigenvalue weighted by Crippen LogP contribution is -2.48. The predicted molar refractivity (Wildman–Crippen MR) is 90.9 cm³/mol. The molecule has 0 radical (unpaired) electrons. The number of hydrogen-bond donors (Lipinski definition) is 1. The molecule has 2 aliphatic rings. The average molecular weight is 327 g/mol. The van der Waals surface area contributed by atoms with Gasteiger partial charge in [0.1, 0.15) is 12.4 Å². The fourth-order valence-electron chi connectivity index (χ4n) is 3.07. The number of hydrogen-bond acceptors (Lipinski definition) is 4. The molecule has 2 aliphatic heterocycles. The van der Waals surface area contributed by atoms with Crippen LogP contribution in [0.5, 0.6) is 5.75 Å². The molecule has 1 unspecified atom stereocenters. The summed E-state index contributed by atoms with van der Waals surface area (Å²) in [5.41, 5.74) is 1.36. The largest absolute Gasteiger partial charge is 0.491 e. The van der Waals surface area contributed by atoms with Gasteiger partial charge in [0.2, 0.25) is 0 Å². The van der Waals surface area contributed by atoms with Gasteiger partial charge in [-0.05, 0) is 37.5 Å². The third kappa shape index (κ3) is 5.13. The van der Waals surface area contributed by atoms with Crippen LogP contribution in [0, 0.1) is 0 Å². The normalized spacial score (nSPS) is 25.7. The summed E-state index contributed by atoms with van der Waals surface area (Å²) in [4.78, 5) is 2.50. The Balaban J connectivity index is 0.00000176. The van der Waals surface area contributed by atoms with Crippen molar-refractivity contribution in [3.05, 3.63) is 29.8 Å². The van der Waals surface area contributed by atoms with Gasteiger partial charge in [0, 0.05) is 38.8 Å². The van der Waals surface area contributed by atoms with E-state index in [0.29, 0.717) is 12.6 Å². The van der Waals surface area contributed by atoms with Crippen molar-refractivity contribution >= 4 is 12.4 Å². The molecule has 0 amide bonds. The Labute approximate surface area is 139 Å². The van der Waals surface area contributed by atoms with Crippen LogP contribution in [-0.2, 0) is 11.3 Å². The molecule has 2 saturated heterocycles. The van der Waals surface area contributed by atoms with E-state index in [1.165, 1.54) is 5.56 Å². The minimum absolute atomic E-state index is 0. The third-order valence-corrected chi connectivity index (χ3v) is 4.24. The van der Waals surface area contributed by atoms with Crippen LogP contribution in [0.15, 0.2) is 24.3 Å². The van der Waals surface area contributed by atoms with Gasteiger partial charge in [-0.15, -0.1) is 12.4 Å². The molecular formula is C17H27ClN2O2. The third-order valence-electron chi connectivity index (χ3n) is 4.24. The highest BCUT2D eigenvalue weighted by Crippen LogP contribution is 2.17. The monoisotopic (exact) mass is 326 g/mol. The topological polar surface area (TPSA) is 33.7 Å². The molecule has 0 aromatic heterocycles. The van der Waals surface area contributed by atoms with E-state index in [-0.39, 0.29) is 18.5 Å². The molecule has 2 fully saturated rings. The minimum atomic E-state index is 0. The molecule has 0 aliphatic carbocycles. The molecule has 4 nitrogen and oxygen atoms in total. The molecule has 0 saturated carbocycles. The lowest BCUT2D eigenvalue weighted by atomic mass is 10.1. The molecule has 1 aromatic carbocycles. The number of rotatable bonds is 5. The summed E-state index contributed by atoms with van der Waals surface area (Å²) < 4.78 is 11.4. The Morgan fingerprint density at radius 3 is 2.82 bits per heavy atom. The van der Waals surface area contributed by atoms with E-state index in [9.17, 15) is 0 Å². The molecule has 0 spiro atoms. The van der Waals surface area contributed by atoms with Crippen molar-refractivity contribution in [2.24, 2.45) is 0 Å². The second kappa shape index (κ2) is 8.73. The van der Waals surface area contributed by atoms with Crippen molar-refractivity contribution < 1.29 is 9.47 Å². The molecule has 124 valence electrons. The summed E-state index contributed by atoms with van der Waals surface area (Å²) in [6, 6.07) is 9.11. The first-order valence-electron chi connectivity index (χ1n) is 8.09. The minimum Gasteiger partial charge on any atom is -0.491 e. The molecule has 1 aromatic rings. The summed E-state index contributed by atoms with van der Waals surface area (Å²) in [5, 5.41) is 3.48. The van der Waals surface area contributed by atoms with Gasteiger partial charge in [-0.3, -0.25) is 4.90 Å². The first-order valence-corrected chi connectivity index (χ1v) is 8.09. The maximum atomic E-state index is 5.80. The van der Waals surface area contributed by atoms with Crippen LogP contribution in [0.4, 0.5) is 0 Å². The van der Waals surface area contributed by atoms with Gasteiger partial charge in [-0.25, -0.2) is 0 Å². The second-order valence-electron chi connectivity index (χ2n) is 6.18. The van der Waals surface area contributed by atoms with Crippen LogP contribution in [0.1, 0.15) is 25.3 Å².